The quantitative estimate of drug-likeness (QED) is 0.782. The van der Waals surface area contributed by atoms with Crippen LogP contribution in [0.1, 0.15) is 19.3 Å². The first-order valence-corrected chi connectivity index (χ1v) is 6.47. The van der Waals surface area contributed by atoms with Gasteiger partial charge in [-0.15, -0.1) is 0 Å². The van der Waals surface area contributed by atoms with Crippen LogP contribution in [0.25, 0.3) is 0 Å². The van der Waals surface area contributed by atoms with Crippen molar-refractivity contribution >= 4 is 17.3 Å². The predicted octanol–water partition coefficient (Wildman–Crippen LogP) is 1.94. The maximum Gasteiger partial charge on any atom is 0.238 e. The van der Waals surface area contributed by atoms with Crippen molar-refractivity contribution in [2.75, 3.05) is 31.2 Å². The Morgan fingerprint density at radius 3 is 2.89 bits per heavy atom. The largest absolute Gasteiger partial charge is 0.399 e. The molecule has 1 aromatic rings. The van der Waals surface area contributed by atoms with Gasteiger partial charge in [0.15, 0.2) is 0 Å². The molecule has 0 atom stereocenters. The lowest BCUT2D eigenvalue weighted by molar-refractivity contribution is -0.117. The Morgan fingerprint density at radius 2 is 2.28 bits per heavy atom. The number of nitrogens with zero attached hydrogens (tertiary/aromatic N) is 1. The number of likely N-dealkylation sites (N-methyl/N-ethyl adjacent to an activating group) is 1. The summed E-state index contributed by atoms with van der Waals surface area (Å²) in [5.41, 5.74) is 7.09. The van der Waals surface area contributed by atoms with Gasteiger partial charge in [0, 0.05) is 17.9 Å². The lowest BCUT2D eigenvalue weighted by atomic mass is 9.85. The van der Waals surface area contributed by atoms with E-state index >= 15 is 0 Å². The molecule has 1 fully saturated rings. The number of nitrogen functional groups attached to an aromatic ring is 1. The van der Waals surface area contributed by atoms with E-state index < -0.39 is 0 Å². The van der Waals surface area contributed by atoms with Crippen LogP contribution in [0.2, 0.25) is 0 Å². The second-order valence-electron chi connectivity index (χ2n) is 5.17. The van der Waals surface area contributed by atoms with Gasteiger partial charge >= 0.3 is 0 Å². The van der Waals surface area contributed by atoms with E-state index in [1.807, 2.05) is 19.2 Å². The molecule has 0 aromatic heterocycles. The van der Waals surface area contributed by atoms with Crippen molar-refractivity contribution in [3.63, 3.8) is 0 Å². The summed E-state index contributed by atoms with van der Waals surface area (Å²) in [7, 11) is 2.00. The van der Waals surface area contributed by atoms with Gasteiger partial charge in [0.2, 0.25) is 5.91 Å². The molecule has 0 radical (unpaired) electrons. The average molecular weight is 247 g/mol. The molecule has 0 aliphatic heterocycles. The first kappa shape index (κ1) is 12.9. The van der Waals surface area contributed by atoms with Gasteiger partial charge in [-0.25, -0.2) is 0 Å². The third-order valence-corrected chi connectivity index (χ3v) is 3.38. The van der Waals surface area contributed by atoms with Crippen LogP contribution in [0.5, 0.6) is 0 Å². The van der Waals surface area contributed by atoms with Gasteiger partial charge in [0.25, 0.3) is 0 Å². The highest BCUT2D eigenvalue weighted by atomic mass is 16.2. The third kappa shape index (κ3) is 3.74. The molecular weight excluding hydrogens is 226 g/mol. The van der Waals surface area contributed by atoms with Crippen LogP contribution in [-0.2, 0) is 4.79 Å². The molecule has 98 valence electrons. The van der Waals surface area contributed by atoms with Crippen molar-refractivity contribution in [2.45, 2.75) is 19.3 Å². The first-order chi connectivity index (χ1) is 8.63. The average Bonchev–Trinajstić information content (AvgIpc) is 2.23. The van der Waals surface area contributed by atoms with E-state index in [1.165, 1.54) is 19.3 Å². The summed E-state index contributed by atoms with van der Waals surface area (Å²) in [5, 5.41) is 2.86. The molecule has 3 N–H and O–H groups in total. The number of carbonyl (C=O) groups excluding carboxylic acids is 1. The summed E-state index contributed by atoms with van der Waals surface area (Å²) in [5.74, 6) is 0.803. The van der Waals surface area contributed by atoms with Crippen LogP contribution >= 0.6 is 0 Å². The summed E-state index contributed by atoms with van der Waals surface area (Å²) < 4.78 is 0. The zero-order chi connectivity index (χ0) is 13.0. The van der Waals surface area contributed by atoms with Gasteiger partial charge in [-0.2, -0.15) is 0 Å². The summed E-state index contributed by atoms with van der Waals surface area (Å²) in [6, 6.07) is 7.26. The summed E-state index contributed by atoms with van der Waals surface area (Å²) in [6.07, 6.45) is 3.95. The lowest BCUT2D eigenvalue weighted by Gasteiger charge is -2.29. The molecule has 18 heavy (non-hydrogen) atoms. The van der Waals surface area contributed by atoms with Crippen LogP contribution in [0.15, 0.2) is 24.3 Å². The number of nitrogens with one attached hydrogen (secondary N) is 1. The molecule has 0 unspecified atom stereocenters. The Morgan fingerprint density at radius 1 is 1.50 bits per heavy atom. The van der Waals surface area contributed by atoms with E-state index in [2.05, 4.69) is 10.2 Å². The Hall–Kier alpha value is -1.55. The first-order valence-electron chi connectivity index (χ1n) is 6.47. The lowest BCUT2D eigenvalue weighted by Crippen LogP contribution is -2.35. The topological polar surface area (TPSA) is 58.4 Å². The Balaban J connectivity index is 1.77. The molecule has 0 heterocycles. The monoisotopic (exact) mass is 247 g/mol. The number of hydrogen-bond acceptors (Lipinski definition) is 3. The SMILES string of the molecule is CN(CC(=O)Nc1cccc(N)c1)CC1CCC1. The number of carbonyl (C=O) groups is 1. The van der Waals surface area contributed by atoms with Gasteiger partial charge in [-0.1, -0.05) is 12.5 Å². The van der Waals surface area contributed by atoms with Crippen LogP contribution in [0, 0.1) is 5.92 Å². The summed E-state index contributed by atoms with van der Waals surface area (Å²) >= 11 is 0. The van der Waals surface area contributed by atoms with E-state index in [-0.39, 0.29) is 5.91 Å². The normalized spacial score (nSPS) is 15.4. The molecule has 1 aromatic carbocycles. The highest BCUT2D eigenvalue weighted by Gasteiger charge is 2.19. The number of rotatable bonds is 5. The van der Waals surface area contributed by atoms with Gasteiger partial charge in [0.05, 0.1) is 6.54 Å². The van der Waals surface area contributed by atoms with Crippen LogP contribution in [-0.4, -0.2) is 30.9 Å². The highest BCUT2D eigenvalue weighted by molar-refractivity contribution is 5.92. The minimum atomic E-state index is 0.0161. The molecule has 1 saturated carbocycles. The van der Waals surface area contributed by atoms with Crippen molar-refractivity contribution in [1.29, 1.82) is 0 Å². The van der Waals surface area contributed by atoms with Crippen molar-refractivity contribution in [3.05, 3.63) is 24.3 Å². The molecule has 2 rings (SSSR count). The molecular formula is C14H21N3O. The van der Waals surface area contributed by atoms with Crippen molar-refractivity contribution in [1.82, 2.24) is 4.90 Å². The number of benzene rings is 1. The highest BCUT2D eigenvalue weighted by Crippen LogP contribution is 2.26. The predicted molar refractivity (Wildman–Crippen MR) is 74.3 cm³/mol. The van der Waals surface area contributed by atoms with Crippen LogP contribution in [0.3, 0.4) is 0 Å². The standard InChI is InChI=1S/C14H21N3O/c1-17(9-11-4-2-5-11)10-14(18)16-13-7-3-6-12(15)8-13/h3,6-8,11H,2,4-5,9-10,15H2,1H3,(H,16,18). The second kappa shape index (κ2) is 5.87. The van der Waals surface area contributed by atoms with Gasteiger partial charge in [-0.05, 0) is 44.0 Å². The minimum Gasteiger partial charge on any atom is -0.399 e. The molecule has 4 heteroatoms. The molecule has 4 nitrogen and oxygen atoms in total. The molecule has 0 saturated heterocycles. The van der Waals surface area contributed by atoms with Gasteiger partial charge in [0.1, 0.15) is 0 Å². The maximum atomic E-state index is 11.8. The van der Waals surface area contributed by atoms with Crippen molar-refractivity contribution in [3.8, 4) is 0 Å². The molecule has 0 spiro atoms. The van der Waals surface area contributed by atoms with Crippen molar-refractivity contribution in [2.24, 2.45) is 5.92 Å². The van der Waals surface area contributed by atoms with E-state index in [9.17, 15) is 4.79 Å². The molecule has 1 aliphatic rings. The van der Waals surface area contributed by atoms with Gasteiger partial charge < -0.3 is 11.1 Å². The Kier molecular flexibility index (Phi) is 4.20. The number of amides is 1. The smallest absolute Gasteiger partial charge is 0.238 e. The van der Waals surface area contributed by atoms with Crippen molar-refractivity contribution < 1.29 is 4.79 Å². The molecule has 1 amide bonds. The fraction of sp³-hybridized carbons (Fsp3) is 0.500. The summed E-state index contributed by atoms with van der Waals surface area (Å²) in [6.45, 7) is 1.45. The zero-order valence-corrected chi connectivity index (χ0v) is 10.9. The fourth-order valence-electron chi connectivity index (χ4n) is 2.24. The number of nitrogens with two attached hydrogens (primary N) is 1. The Bertz CT molecular complexity index is 415. The van der Waals surface area contributed by atoms with Gasteiger partial charge in [-0.3, -0.25) is 9.69 Å². The third-order valence-electron chi connectivity index (χ3n) is 3.38. The molecule has 1 aliphatic carbocycles. The Labute approximate surface area is 108 Å². The van der Waals surface area contributed by atoms with E-state index in [0.29, 0.717) is 12.2 Å². The van der Waals surface area contributed by atoms with Crippen LogP contribution < -0.4 is 11.1 Å². The number of anilines is 2. The summed E-state index contributed by atoms with van der Waals surface area (Å²) in [4.78, 5) is 13.9. The zero-order valence-electron chi connectivity index (χ0n) is 10.9. The van der Waals surface area contributed by atoms with Crippen LogP contribution in [0.4, 0.5) is 11.4 Å². The molecule has 0 bridgehead atoms. The number of hydrogen-bond donors (Lipinski definition) is 2. The van der Waals surface area contributed by atoms with E-state index in [1.54, 1.807) is 12.1 Å². The van der Waals surface area contributed by atoms with E-state index in [4.69, 9.17) is 5.73 Å². The maximum absolute atomic E-state index is 11.8. The second-order valence-corrected chi connectivity index (χ2v) is 5.17. The van der Waals surface area contributed by atoms with E-state index in [0.717, 1.165) is 18.2 Å². The minimum absolute atomic E-state index is 0.0161. The fourth-order valence-corrected chi connectivity index (χ4v) is 2.24.